The lowest BCUT2D eigenvalue weighted by atomic mass is 9.84. The minimum Gasteiger partial charge on any atom is -0.497 e. The predicted molar refractivity (Wildman–Crippen MR) is 95.3 cm³/mol. The number of halogens is 4. The lowest BCUT2D eigenvalue weighted by molar-refractivity contribution is -0.175. The van der Waals surface area contributed by atoms with Crippen molar-refractivity contribution < 1.29 is 27.8 Å². The van der Waals surface area contributed by atoms with Crippen LogP contribution in [0.1, 0.15) is 11.1 Å². The Kier molecular flexibility index (Phi) is 5.24. The molecule has 2 atom stereocenters. The summed E-state index contributed by atoms with van der Waals surface area (Å²) in [4.78, 5) is 12.7. The van der Waals surface area contributed by atoms with E-state index in [1.54, 1.807) is 24.3 Å². The van der Waals surface area contributed by atoms with E-state index in [2.05, 4.69) is 0 Å². The summed E-state index contributed by atoms with van der Waals surface area (Å²) in [5, 5.41) is 9.80. The second kappa shape index (κ2) is 7.31. The van der Waals surface area contributed by atoms with Gasteiger partial charge in [-0.15, -0.1) is 0 Å². The number of rotatable bonds is 4. The topological polar surface area (TPSA) is 49.8 Å². The molecule has 0 bridgehead atoms. The van der Waals surface area contributed by atoms with Gasteiger partial charge in [0.15, 0.2) is 0 Å². The fourth-order valence-electron chi connectivity index (χ4n) is 3.45. The monoisotopic (exact) mass is 399 g/mol. The zero-order valence-electron chi connectivity index (χ0n) is 14.3. The molecule has 0 amide bonds. The van der Waals surface area contributed by atoms with Crippen molar-refractivity contribution in [2.24, 2.45) is 5.92 Å². The summed E-state index contributed by atoms with van der Waals surface area (Å²) in [6, 6.07) is 9.04. The molecular weight excluding hydrogens is 383 g/mol. The SMILES string of the molecule is COc1ccc(CN2c3ccc(Cl)cc3C[C@@H](C(=O)O)[C@H]2C(F)(F)F)cc1. The molecule has 1 heterocycles. The van der Waals surface area contributed by atoms with E-state index < -0.39 is 24.1 Å². The zero-order chi connectivity index (χ0) is 19.8. The molecule has 27 heavy (non-hydrogen) atoms. The second-order valence-electron chi connectivity index (χ2n) is 6.38. The average molecular weight is 400 g/mol. The fourth-order valence-corrected chi connectivity index (χ4v) is 3.65. The van der Waals surface area contributed by atoms with Crippen LogP contribution in [0.15, 0.2) is 42.5 Å². The predicted octanol–water partition coefficient (Wildman–Crippen LogP) is 4.54. The van der Waals surface area contributed by atoms with Crippen LogP contribution < -0.4 is 9.64 Å². The number of anilines is 1. The molecule has 0 aliphatic carbocycles. The van der Waals surface area contributed by atoms with Crippen LogP contribution in [0.2, 0.25) is 5.02 Å². The molecular formula is C19H17ClF3NO3. The van der Waals surface area contributed by atoms with E-state index in [9.17, 15) is 23.1 Å². The van der Waals surface area contributed by atoms with Gasteiger partial charge in [-0.3, -0.25) is 4.79 Å². The van der Waals surface area contributed by atoms with Gasteiger partial charge in [0.25, 0.3) is 0 Å². The number of benzene rings is 2. The van der Waals surface area contributed by atoms with Gasteiger partial charge >= 0.3 is 12.1 Å². The van der Waals surface area contributed by atoms with E-state index in [0.29, 0.717) is 27.6 Å². The van der Waals surface area contributed by atoms with Gasteiger partial charge < -0.3 is 14.7 Å². The summed E-state index contributed by atoms with van der Waals surface area (Å²) in [6.07, 6.45) is -4.93. The van der Waals surface area contributed by atoms with Gasteiger partial charge in [0.05, 0.1) is 13.0 Å². The van der Waals surface area contributed by atoms with Crippen LogP contribution in [0.5, 0.6) is 5.75 Å². The number of fused-ring (bicyclic) bond motifs is 1. The Bertz CT molecular complexity index is 839. The first-order valence-corrected chi connectivity index (χ1v) is 8.56. The lowest BCUT2D eigenvalue weighted by Gasteiger charge is -2.43. The quantitative estimate of drug-likeness (QED) is 0.819. The Hall–Kier alpha value is -2.41. The number of carboxylic acid groups (broad SMARTS) is 1. The van der Waals surface area contributed by atoms with Crippen molar-refractivity contribution in [3.05, 3.63) is 58.6 Å². The molecule has 3 rings (SSSR count). The van der Waals surface area contributed by atoms with E-state index >= 15 is 0 Å². The molecule has 2 aromatic rings. The van der Waals surface area contributed by atoms with E-state index in [1.165, 1.54) is 25.3 Å². The highest BCUT2D eigenvalue weighted by molar-refractivity contribution is 6.30. The van der Waals surface area contributed by atoms with Crippen molar-refractivity contribution >= 4 is 23.3 Å². The summed E-state index contributed by atoms with van der Waals surface area (Å²) >= 11 is 5.97. The first kappa shape index (κ1) is 19.4. The summed E-state index contributed by atoms with van der Waals surface area (Å²) < 4.78 is 46.6. The van der Waals surface area contributed by atoms with Crippen molar-refractivity contribution in [3.63, 3.8) is 0 Å². The standard InChI is InChI=1S/C19H17ClF3NO3/c1-27-14-5-2-11(3-6-14)10-24-16-7-4-13(20)8-12(16)9-15(18(25)26)17(24)19(21,22)23/h2-8,15,17H,9-10H2,1H3,(H,25,26)/t15-,17+/m1/s1. The van der Waals surface area contributed by atoms with Gasteiger partial charge in [-0.1, -0.05) is 23.7 Å². The number of ether oxygens (including phenoxy) is 1. The van der Waals surface area contributed by atoms with Crippen LogP contribution in [-0.4, -0.2) is 30.4 Å². The average Bonchev–Trinajstić information content (AvgIpc) is 2.60. The molecule has 0 unspecified atom stereocenters. The normalized spacial score (nSPS) is 19.5. The Morgan fingerprint density at radius 2 is 1.93 bits per heavy atom. The zero-order valence-corrected chi connectivity index (χ0v) is 15.1. The largest absolute Gasteiger partial charge is 0.497 e. The third-order valence-electron chi connectivity index (χ3n) is 4.67. The van der Waals surface area contributed by atoms with E-state index in [1.807, 2.05) is 0 Å². The van der Waals surface area contributed by atoms with Crippen molar-refractivity contribution in [1.82, 2.24) is 0 Å². The van der Waals surface area contributed by atoms with Gasteiger partial charge in [0.2, 0.25) is 0 Å². The summed E-state index contributed by atoms with van der Waals surface area (Å²) in [6.45, 7) is -0.0907. The highest BCUT2D eigenvalue weighted by atomic mass is 35.5. The molecule has 1 aliphatic rings. The van der Waals surface area contributed by atoms with Gasteiger partial charge in [0.1, 0.15) is 11.8 Å². The van der Waals surface area contributed by atoms with Crippen LogP contribution in [0.4, 0.5) is 18.9 Å². The van der Waals surface area contributed by atoms with Crippen molar-refractivity contribution in [2.75, 3.05) is 12.0 Å². The minimum absolute atomic E-state index is 0.0907. The number of hydrogen-bond donors (Lipinski definition) is 1. The van der Waals surface area contributed by atoms with E-state index in [0.717, 1.165) is 4.90 Å². The summed E-state index contributed by atoms with van der Waals surface area (Å²) in [5.74, 6) is -2.52. The maximum absolute atomic E-state index is 13.8. The van der Waals surface area contributed by atoms with Crippen LogP contribution in [0.25, 0.3) is 0 Å². The van der Waals surface area contributed by atoms with Gasteiger partial charge in [-0.2, -0.15) is 13.2 Å². The molecule has 0 fully saturated rings. The highest BCUT2D eigenvalue weighted by Crippen LogP contribution is 2.43. The molecule has 2 aromatic carbocycles. The molecule has 0 saturated carbocycles. The Morgan fingerprint density at radius 1 is 1.26 bits per heavy atom. The summed E-state index contributed by atoms with van der Waals surface area (Å²) in [7, 11) is 1.50. The van der Waals surface area contributed by atoms with Crippen LogP contribution in [0, 0.1) is 5.92 Å². The van der Waals surface area contributed by atoms with Crippen molar-refractivity contribution in [2.45, 2.75) is 25.2 Å². The third-order valence-corrected chi connectivity index (χ3v) is 4.91. The number of alkyl halides is 3. The van der Waals surface area contributed by atoms with Gasteiger partial charge in [-0.25, -0.2) is 0 Å². The number of carbonyl (C=O) groups is 1. The van der Waals surface area contributed by atoms with Crippen LogP contribution in [-0.2, 0) is 17.8 Å². The number of hydrogen-bond acceptors (Lipinski definition) is 3. The maximum Gasteiger partial charge on any atom is 0.409 e. The van der Waals surface area contributed by atoms with Crippen molar-refractivity contribution in [3.8, 4) is 5.75 Å². The minimum atomic E-state index is -4.70. The van der Waals surface area contributed by atoms with Crippen LogP contribution in [0.3, 0.4) is 0 Å². The molecule has 1 aliphatic heterocycles. The Labute approximate surface area is 159 Å². The van der Waals surface area contributed by atoms with E-state index in [4.69, 9.17) is 16.3 Å². The number of carboxylic acids is 1. The molecule has 8 heteroatoms. The highest BCUT2D eigenvalue weighted by Gasteiger charge is 2.53. The smallest absolute Gasteiger partial charge is 0.409 e. The van der Waals surface area contributed by atoms with Crippen LogP contribution >= 0.6 is 11.6 Å². The molecule has 0 saturated heterocycles. The van der Waals surface area contributed by atoms with Crippen molar-refractivity contribution in [1.29, 1.82) is 0 Å². The van der Waals surface area contributed by atoms with Gasteiger partial charge in [0, 0.05) is 17.3 Å². The molecule has 1 N–H and O–H groups in total. The van der Waals surface area contributed by atoms with E-state index in [-0.39, 0.29) is 13.0 Å². The number of aliphatic carboxylic acids is 1. The first-order chi connectivity index (χ1) is 12.7. The third kappa shape index (κ3) is 3.98. The van der Waals surface area contributed by atoms with Gasteiger partial charge in [-0.05, 0) is 47.9 Å². The fraction of sp³-hybridized carbons (Fsp3) is 0.316. The molecule has 0 spiro atoms. The molecule has 0 radical (unpaired) electrons. The Morgan fingerprint density at radius 3 is 2.48 bits per heavy atom. The molecule has 4 nitrogen and oxygen atoms in total. The molecule has 0 aromatic heterocycles. The second-order valence-corrected chi connectivity index (χ2v) is 6.82. The molecule has 144 valence electrons. The Balaban J connectivity index is 2.07. The number of methoxy groups -OCH3 is 1. The summed E-state index contributed by atoms with van der Waals surface area (Å²) in [5.41, 5.74) is 1.44. The maximum atomic E-state index is 13.8. The number of nitrogens with zero attached hydrogens (tertiary/aromatic N) is 1. The first-order valence-electron chi connectivity index (χ1n) is 8.18. The lowest BCUT2D eigenvalue weighted by Crippen LogP contribution is -2.55.